The number of anilines is 1. The Hall–Kier alpha value is -3.03. The minimum absolute atomic E-state index is 0.248. The van der Waals surface area contributed by atoms with Crippen molar-refractivity contribution in [3.05, 3.63) is 48.2 Å². The summed E-state index contributed by atoms with van der Waals surface area (Å²) in [7, 11) is 0. The van der Waals surface area contributed by atoms with Crippen LogP contribution < -0.4 is 5.32 Å². The first-order valence-corrected chi connectivity index (χ1v) is 7.52. The molecule has 0 amide bonds. The van der Waals surface area contributed by atoms with E-state index >= 15 is 0 Å². The maximum atomic E-state index is 13.6. The van der Waals surface area contributed by atoms with Crippen molar-refractivity contribution in [3.8, 4) is 0 Å². The molecule has 1 aromatic carbocycles. The fraction of sp³-hybridized carbons (Fsp3) is 0.250. The van der Waals surface area contributed by atoms with Gasteiger partial charge in [0.25, 0.3) is 0 Å². The summed E-state index contributed by atoms with van der Waals surface area (Å²) < 4.78 is 20.4. The largest absolute Gasteiger partial charge is 0.462 e. The number of esters is 1. The first kappa shape index (κ1) is 15.9. The first-order chi connectivity index (χ1) is 11.7. The van der Waals surface area contributed by atoms with Gasteiger partial charge in [-0.15, -0.1) is 5.10 Å². The van der Waals surface area contributed by atoms with Gasteiger partial charge in [0.05, 0.1) is 30.6 Å². The van der Waals surface area contributed by atoms with Gasteiger partial charge >= 0.3 is 5.97 Å². The van der Waals surface area contributed by atoms with Crippen LogP contribution in [0.4, 0.5) is 10.1 Å². The summed E-state index contributed by atoms with van der Waals surface area (Å²) in [5.74, 6) is -0.899. The molecule has 0 fully saturated rings. The average Bonchev–Trinajstić information content (AvgIpc) is 3.08. The number of hydrogen-bond donors (Lipinski definition) is 1. The van der Waals surface area contributed by atoms with Gasteiger partial charge in [0.1, 0.15) is 11.4 Å². The second kappa shape index (κ2) is 7.03. The maximum Gasteiger partial charge on any atom is 0.341 e. The van der Waals surface area contributed by atoms with E-state index in [0.717, 1.165) is 0 Å². The Morgan fingerprint density at radius 2 is 2.29 bits per heavy atom. The van der Waals surface area contributed by atoms with Gasteiger partial charge in [-0.3, -0.25) is 9.67 Å². The number of nitrogens with one attached hydrogen (secondary N) is 1. The normalized spacial score (nSPS) is 10.8. The SMILES string of the molecule is CCOC(=O)c1cnc2ccc(F)cc2c1NCCn1ccnn1. The van der Waals surface area contributed by atoms with E-state index in [9.17, 15) is 9.18 Å². The number of benzene rings is 1. The lowest BCUT2D eigenvalue weighted by Crippen LogP contribution is -2.15. The van der Waals surface area contributed by atoms with Crippen LogP contribution in [0.5, 0.6) is 0 Å². The summed E-state index contributed by atoms with van der Waals surface area (Å²) in [6.07, 6.45) is 4.76. The van der Waals surface area contributed by atoms with Gasteiger partial charge < -0.3 is 10.1 Å². The Morgan fingerprint density at radius 3 is 3.04 bits per heavy atom. The molecule has 124 valence electrons. The Labute approximate surface area is 137 Å². The van der Waals surface area contributed by atoms with Crippen molar-refractivity contribution >= 4 is 22.6 Å². The topological polar surface area (TPSA) is 81.9 Å². The van der Waals surface area contributed by atoms with Gasteiger partial charge in [0.2, 0.25) is 0 Å². The molecule has 0 unspecified atom stereocenters. The number of aromatic nitrogens is 4. The lowest BCUT2D eigenvalue weighted by Gasteiger charge is -2.14. The molecular formula is C16H16FN5O2. The highest BCUT2D eigenvalue weighted by atomic mass is 19.1. The summed E-state index contributed by atoms with van der Waals surface area (Å²) in [4.78, 5) is 16.4. The number of rotatable bonds is 6. The molecule has 7 nitrogen and oxygen atoms in total. The van der Waals surface area contributed by atoms with Crippen LogP contribution in [-0.2, 0) is 11.3 Å². The standard InChI is InChI=1S/C16H16FN5O2/c1-2-24-16(23)13-10-19-14-4-3-11(17)9-12(14)15(13)18-5-7-22-8-6-20-21-22/h3-4,6,8-10H,2,5,7H2,1H3,(H,18,19). The number of carbonyl (C=O) groups excluding carboxylic acids is 1. The van der Waals surface area contributed by atoms with Crippen LogP contribution in [0.2, 0.25) is 0 Å². The zero-order valence-electron chi connectivity index (χ0n) is 13.1. The van der Waals surface area contributed by atoms with E-state index in [2.05, 4.69) is 20.6 Å². The lowest BCUT2D eigenvalue weighted by molar-refractivity contribution is 0.0527. The number of carbonyl (C=O) groups is 1. The lowest BCUT2D eigenvalue weighted by atomic mass is 10.1. The number of fused-ring (bicyclic) bond motifs is 1. The highest BCUT2D eigenvalue weighted by Crippen LogP contribution is 2.27. The minimum atomic E-state index is -0.501. The summed E-state index contributed by atoms with van der Waals surface area (Å²) in [6.45, 7) is 3.00. The summed E-state index contributed by atoms with van der Waals surface area (Å²) >= 11 is 0. The Kier molecular flexibility index (Phi) is 4.64. The van der Waals surface area contributed by atoms with E-state index in [1.807, 2.05) is 0 Å². The predicted octanol–water partition coefficient (Wildman–Crippen LogP) is 2.25. The Bertz CT molecular complexity index is 851. The minimum Gasteiger partial charge on any atom is -0.462 e. The zero-order chi connectivity index (χ0) is 16.9. The van der Waals surface area contributed by atoms with E-state index in [1.54, 1.807) is 30.1 Å². The molecule has 0 saturated carbocycles. The van der Waals surface area contributed by atoms with Crippen molar-refractivity contribution in [1.29, 1.82) is 0 Å². The van der Waals surface area contributed by atoms with Crippen molar-refractivity contribution in [3.63, 3.8) is 0 Å². The molecule has 0 radical (unpaired) electrons. The summed E-state index contributed by atoms with van der Waals surface area (Å²) in [5.41, 5.74) is 1.36. The Morgan fingerprint density at radius 1 is 1.42 bits per heavy atom. The van der Waals surface area contributed by atoms with Crippen LogP contribution in [0.15, 0.2) is 36.8 Å². The van der Waals surface area contributed by atoms with Gasteiger partial charge in [0, 0.05) is 24.3 Å². The molecule has 24 heavy (non-hydrogen) atoms. The summed E-state index contributed by atoms with van der Waals surface area (Å²) in [6, 6.07) is 4.25. The van der Waals surface area contributed by atoms with Crippen molar-refractivity contribution < 1.29 is 13.9 Å². The third-order valence-corrected chi connectivity index (χ3v) is 3.44. The Balaban J connectivity index is 1.94. The van der Waals surface area contributed by atoms with E-state index in [1.165, 1.54) is 18.3 Å². The molecule has 0 atom stereocenters. The first-order valence-electron chi connectivity index (χ1n) is 7.52. The van der Waals surface area contributed by atoms with Gasteiger partial charge in [-0.05, 0) is 25.1 Å². The average molecular weight is 329 g/mol. The monoisotopic (exact) mass is 329 g/mol. The highest BCUT2D eigenvalue weighted by molar-refractivity contribution is 6.04. The number of hydrogen-bond acceptors (Lipinski definition) is 6. The third-order valence-electron chi connectivity index (χ3n) is 3.44. The predicted molar refractivity (Wildman–Crippen MR) is 86.2 cm³/mol. The summed E-state index contributed by atoms with van der Waals surface area (Å²) in [5, 5.41) is 11.3. The fourth-order valence-corrected chi connectivity index (χ4v) is 2.37. The van der Waals surface area contributed by atoms with Gasteiger partial charge in [0.15, 0.2) is 0 Å². The van der Waals surface area contributed by atoms with Gasteiger partial charge in [-0.1, -0.05) is 5.21 Å². The van der Waals surface area contributed by atoms with Crippen molar-refractivity contribution in [1.82, 2.24) is 20.0 Å². The number of pyridine rings is 1. The van der Waals surface area contributed by atoms with E-state index in [4.69, 9.17) is 4.74 Å². The molecule has 0 spiro atoms. The van der Waals surface area contributed by atoms with Crippen molar-refractivity contribution in [2.75, 3.05) is 18.5 Å². The number of halogens is 1. The van der Waals surface area contributed by atoms with Crippen molar-refractivity contribution in [2.24, 2.45) is 0 Å². The second-order valence-corrected chi connectivity index (χ2v) is 5.02. The van der Waals surface area contributed by atoms with Gasteiger partial charge in [-0.2, -0.15) is 0 Å². The zero-order valence-corrected chi connectivity index (χ0v) is 13.1. The van der Waals surface area contributed by atoms with Crippen LogP contribution in [0.1, 0.15) is 17.3 Å². The molecule has 0 aliphatic heterocycles. The van der Waals surface area contributed by atoms with E-state index in [-0.39, 0.29) is 12.2 Å². The number of nitrogens with zero attached hydrogens (tertiary/aromatic N) is 4. The molecule has 8 heteroatoms. The second-order valence-electron chi connectivity index (χ2n) is 5.02. The van der Waals surface area contributed by atoms with Crippen LogP contribution in [0.25, 0.3) is 10.9 Å². The molecule has 3 rings (SSSR count). The van der Waals surface area contributed by atoms with Gasteiger partial charge in [-0.25, -0.2) is 9.18 Å². The van der Waals surface area contributed by atoms with E-state index in [0.29, 0.717) is 29.7 Å². The quantitative estimate of drug-likeness (QED) is 0.699. The van der Waals surface area contributed by atoms with Crippen molar-refractivity contribution in [2.45, 2.75) is 13.5 Å². The molecule has 0 saturated heterocycles. The molecule has 0 aliphatic rings. The smallest absolute Gasteiger partial charge is 0.341 e. The van der Waals surface area contributed by atoms with Crippen LogP contribution in [0.3, 0.4) is 0 Å². The molecule has 3 aromatic rings. The maximum absolute atomic E-state index is 13.6. The molecule has 0 aliphatic carbocycles. The third kappa shape index (κ3) is 3.32. The molecular weight excluding hydrogens is 313 g/mol. The van der Waals surface area contributed by atoms with Crippen LogP contribution in [0, 0.1) is 5.82 Å². The highest BCUT2D eigenvalue weighted by Gasteiger charge is 2.17. The van der Waals surface area contributed by atoms with E-state index < -0.39 is 11.8 Å². The molecule has 2 heterocycles. The number of ether oxygens (including phenoxy) is 1. The molecule has 2 aromatic heterocycles. The van der Waals surface area contributed by atoms with Crippen LogP contribution >= 0.6 is 0 Å². The fourth-order valence-electron chi connectivity index (χ4n) is 2.37. The molecule has 0 bridgehead atoms. The molecule has 1 N–H and O–H groups in total. The van der Waals surface area contributed by atoms with Crippen LogP contribution in [-0.4, -0.2) is 39.1 Å².